The van der Waals surface area contributed by atoms with Crippen LogP contribution in [0.2, 0.25) is 0 Å². The van der Waals surface area contributed by atoms with Gasteiger partial charge in [-0.05, 0) is 12.1 Å². The Morgan fingerprint density at radius 1 is 1.43 bits per heavy atom. The second kappa shape index (κ2) is 5.32. The van der Waals surface area contributed by atoms with E-state index in [0.29, 0.717) is 5.76 Å². The molecule has 1 fully saturated rings. The molecule has 8 heteroatoms. The lowest BCUT2D eigenvalue weighted by molar-refractivity contribution is -0.0458. The summed E-state index contributed by atoms with van der Waals surface area (Å²) in [4.78, 5) is 25.9. The number of hydrogen-bond acceptors (Lipinski definition) is 6. The van der Waals surface area contributed by atoms with Crippen molar-refractivity contribution in [1.82, 2.24) is 9.55 Å². The van der Waals surface area contributed by atoms with Gasteiger partial charge in [-0.2, -0.15) is 0 Å². The minimum atomic E-state index is -0.870. The summed E-state index contributed by atoms with van der Waals surface area (Å²) in [6.07, 6.45) is 0.523. The number of aliphatic hydroxyl groups excluding tert-OH is 2. The Labute approximate surface area is 118 Å². The first-order valence-electron chi connectivity index (χ1n) is 6.44. The highest BCUT2D eigenvalue weighted by atomic mass is 16.5. The number of furan rings is 1. The van der Waals surface area contributed by atoms with Gasteiger partial charge in [-0.25, -0.2) is 4.79 Å². The second-order valence-corrected chi connectivity index (χ2v) is 4.80. The van der Waals surface area contributed by atoms with E-state index in [1.54, 1.807) is 12.1 Å². The molecule has 0 saturated carbocycles. The molecule has 0 bridgehead atoms. The molecule has 21 heavy (non-hydrogen) atoms. The summed E-state index contributed by atoms with van der Waals surface area (Å²) in [5.41, 5.74) is -1.03. The zero-order chi connectivity index (χ0) is 15.0. The molecular formula is C13H14N2O6. The predicted octanol–water partition coefficient (Wildman–Crippen LogP) is -0.563. The molecule has 0 aromatic carbocycles. The van der Waals surface area contributed by atoms with Gasteiger partial charge in [-0.1, -0.05) is 0 Å². The predicted molar refractivity (Wildman–Crippen MR) is 70.6 cm³/mol. The van der Waals surface area contributed by atoms with Crippen molar-refractivity contribution in [2.75, 3.05) is 6.61 Å². The second-order valence-electron chi connectivity index (χ2n) is 4.80. The summed E-state index contributed by atoms with van der Waals surface area (Å²) in [6.45, 7) is -0.346. The first-order chi connectivity index (χ1) is 10.1. The van der Waals surface area contributed by atoms with Gasteiger partial charge in [0.05, 0.1) is 24.5 Å². The average molecular weight is 294 g/mol. The molecule has 3 rings (SSSR count). The van der Waals surface area contributed by atoms with E-state index >= 15 is 0 Å². The molecule has 112 valence electrons. The summed E-state index contributed by atoms with van der Waals surface area (Å²) in [6, 6.07) is 3.22. The van der Waals surface area contributed by atoms with Gasteiger partial charge in [-0.3, -0.25) is 14.3 Å². The van der Waals surface area contributed by atoms with Crippen LogP contribution in [-0.2, 0) is 4.74 Å². The highest BCUT2D eigenvalue weighted by Gasteiger charge is 2.35. The third-order valence-corrected chi connectivity index (χ3v) is 3.45. The van der Waals surface area contributed by atoms with Crippen LogP contribution in [0.1, 0.15) is 12.6 Å². The van der Waals surface area contributed by atoms with Crippen molar-refractivity contribution in [1.29, 1.82) is 0 Å². The number of aromatic amines is 1. The summed E-state index contributed by atoms with van der Waals surface area (Å²) < 4.78 is 11.7. The molecular weight excluding hydrogens is 280 g/mol. The number of rotatable bonds is 3. The first-order valence-corrected chi connectivity index (χ1v) is 6.44. The number of hydrogen-bond donors (Lipinski definition) is 3. The van der Waals surface area contributed by atoms with E-state index in [1.165, 1.54) is 17.0 Å². The van der Waals surface area contributed by atoms with E-state index in [-0.39, 0.29) is 18.6 Å². The summed E-state index contributed by atoms with van der Waals surface area (Å²) in [5, 5.41) is 18.8. The maximum atomic E-state index is 11.9. The molecule has 0 radical (unpaired) electrons. The van der Waals surface area contributed by atoms with Crippen LogP contribution >= 0.6 is 0 Å². The van der Waals surface area contributed by atoms with E-state index in [1.807, 2.05) is 0 Å². The van der Waals surface area contributed by atoms with E-state index in [4.69, 9.17) is 14.3 Å². The molecule has 1 aliphatic heterocycles. The number of nitrogens with zero attached hydrogens (tertiary/aromatic N) is 1. The van der Waals surface area contributed by atoms with Crippen LogP contribution in [-0.4, -0.2) is 38.6 Å². The van der Waals surface area contributed by atoms with E-state index < -0.39 is 29.7 Å². The molecule has 0 unspecified atom stereocenters. The first kappa shape index (κ1) is 13.8. The third-order valence-electron chi connectivity index (χ3n) is 3.45. The Morgan fingerprint density at radius 2 is 2.24 bits per heavy atom. The van der Waals surface area contributed by atoms with Gasteiger partial charge in [0.1, 0.15) is 18.1 Å². The van der Waals surface area contributed by atoms with Crippen molar-refractivity contribution < 1.29 is 19.4 Å². The Morgan fingerprint density at radius 3 is 2.86 bits per heavy atom. The van der Waals surface area contributed by atoms with Crippen molar-refractivity contribution >= 4 is 0 Å². The van der Waals surface area contributed by atoms with E-state index in [0.717, 1.165) is 0 Å². The molecule has 8 nitrogen and oxygen atoms in total. The Hall–Kier alpha value is -2.16. The lowest BCUT2D eigenvalue weighted by atomic mass is 10.2. The minimum Gasteiger partial charge on any atom is -0.464 e. The molecule has 1 saturated heterocycles. The summed E-state index contributed by atoms with van der Waals surface area (Å²) >= 11 is 0. The molecule has 0 amide bonds. The quantitative estimate of drug-likeness (QED) is 0.698. The van der Waals surface area contributed by atoms with E-state index in [2.05, 4.69) is 4.98 Å². The van der Waals surface area contributed by atoms with Crippen LogP contribution in [0.25, 0.3) is 11.3 Å². The Bertz CT molecular complexity index is 732. The lowest BCUT2D eigenvalue weighted by Crippen LogP contribution is -2.33. The number of nitrogens with one attached hydrogen (secondary N) is 1. The standard InChI is InChI=1S/C13H14N2O6/c16-6-10-8(17)4-11(21-10)15-5-7(9-2-1-3-20-9)12(18)14-13(15)19/h1-3,5,8,10-11,16-17H,4,6H2,(H,14,18,19)/t8-,10-,11-/m0/s1. The van der Waals surface area contributed by atoms with Crippen LogP contribution in [0.3, 0.4) is 0 Å². The zero-order valence-electron chi connectivity index (χ0n) is 10.9. The Balaban J connectivity index is 2.02. The number of H-pyrrole nitrogens is 1. The van der Waals surface area contributed by atoms with Crippen LogP contribution in [0, 0.1) is 0 Å². The van der Waals surface area contributed by atoms with Gasteiger partial charge in [0.2, 0.25) is 0 Å². The number of aliphatic hydroxyl groups is 2. The van der Waals surface area contributed by atoms with Gasteiger partial charge >= 0.3 is 5.69 Å². The maximum Gasteiger partial charge on any atom is 0.330 e. The topological polar surface area (TPSA) is 118 Å². The van der Waals surface area contributed by atoms with Crippen molar-refractivity contribution in [3.63, 3.8) is 0 Å². The smallest absolute Gasteiger partial charge is 0.330 e. The molecule has 3 atom stereocenters. The lowest BCUT2D eigenvalue weighted by Gasteiger charge is -2.14. The highest BCUT2D eigenvalue weighted by molar-refractivity contribution is 5.54. The highest BCUT2D eigenvalue weighted by Crippen LogP contribution is 2.28. The minimum absolute atomic E-state index is 0.148. The normalized spacial score (nSPS) is 25.3. The number of ether oxygens (including phenoxy) is 1. The van der Waals surface area contributed by atoms with Crippen molar-refractivity contribution in [3.05, 3.63) is 45.4 Å². The molecule has 3 N–H and O–H groups in total. The van der Waals surface area contributed by atoms with Gasteiger partial charge in [0.15, 0.2) is 0 Å². The van der Waals surface area contributed by atoms with Crippen molar-refractivity contribution in [3.8, 4) is 11.3 Å². The zero-order valence-corrected chi connectivity index (χ0v) is 10.9. The van der Waals surface area contributed by atoms with Crippen molar-refractivity contribution in [2.45, 2.75) is 24.9 Å². The van der Waals surface area contributed by atoms with Gasteiger partial charge in [-0.15, -0.1) is 0 Å². The molecule has 2 aromatic rings. The SMILES string of the molecule is O=c1[nH]c(=O)n([C@@H]2C[C@H](O)[C@H](CO)O2)cc1-c1ccco1. The summed E-state index contributed by atoms with van der Waals surface area (Å²) in [5.74, 6) is 0.322. The monoisotopic (exact) mass is 294 g/mol. The van der Waals surface area contributed by atoms with Crippen LogP contribution in [0.5, 0.6) is 0 Å². The largest absolute Gasteiger partial charge is 0.464 e. The average Bonchev–Trinajstić information content (AvgIpc) is 3.08. The molecule has 3 heterocycles. The van der Waals surface area contributed by atoms with E-state index in [9.17, 15) is 14.7 Å². The molecule has 1 aliphatic rings. The third kappa shape index (κ3) is 2.44. The maximum absolute atomic E-state index is 11.9. The molecule has 2 aromatic heterocycles. The van der Waals surface area contributed by atoms with Crippen LogP contribution in [0.4, 0.5) is 0 Å². The van der Waals surface area contributed by atoms with Crippen LogP contribution < -0.4 is 11.2 Å². The van der Waals surface area contributed by atoms with Crippen LogP contribution in [0.15, 0.2) is 38.6 Å². The van der Waals surface area contributed by atoms with Gasteiger partial charge in [0, 0.05) is 12.6 Å². The summed E-state index contributed by atoms with van der Waals surface area (Å²) in [7, 11) is 0. The molecule has 0 spiro atoms. The fraction of sp³-hybridized carbons (Fsp3) is 0.385. The van der Waals surface area contributed by atoms with Gasteiger partial charge < -0.3 is 19.4 Å². The number of aromatic nitrogens is 2. The Kier molecular flexibility index (Phi) is 3.50. The van der Waals surface area contributed by atoms with Crippen molar-refractivity contribution in [2.24, 2.45) is 0 Å². The fourth-order valence-electron chi connectivity index (χ4n) is 2.36. The molecule has 0 aliphatic carbocycles. The fourth-order valence-corrected chi connectivity index (χ4v) is 2.36. The van der Waals surface area contributed by atoms with Gasteiger partial charge in [0.25, 0.3) is 5.56 Å².